The van der Waals surface area contributed by atoms with Gasteiger partial charge >= 0.3 is 12.3 Å². The minimum absolute atomic E-state index is 0.0712. The first kappa shape index (κ1) is 22.7. The number of nitrogens with one attached hydrogen (secondary N) is 1. The number of thioether (sulfide) groups is 1. The smallest absolute Gasteiger partial charge is 0.422 e. The highest BCUT2D eigenvalue weighted by Crippen LogP contribution is 2.36. The Kier molecular flexibility index (Phi) is 7.12. The molecule has 164 valence electrons. The molecule has 0 radical (unpaired) electrons. The van der Waals surface area contributed by atoms with E-state index in [9.17, 15) is 22.8 Å². The van der Waals surface area contributed by atoms with Gasteiger partial charge in [-0.1, -0.05) is 24.8 Å². The van der Waals surface area contributed by atoms with Gasteiger partial charge in [0, 0.05) is 23.7 Å². The highest BCUT2D eigenvalue weighted by atomic mass is 32.2. The van der Waals surface area contributed by atoms with Crippen molar-refractivity contribution < 1.29 is 22.7 Å². The number of fused-ring (bicyclic) bond motifs is 3. The van der Waals surface area contributed by atoms with Gasteiger partial charge in [0.05, 0.1) is 5.39 Å². The number of thiophene rings is 1. The molecule has 2 aromatic heterocycles. The maximum Gasteiger partial charge on any atom is 0.422 e. The molecule has 0 saturated heterocycles. The molecule has 1 N–H and O–H groups in total. The lowest BCUT2D eigenvalue weighted by atomic mass is 9.89. The average Bonchev–Trinajstić information content (AvgIpc) is 3.03. The zero-order chi connectivity index (χ0) is 21.9. The number of allylic oxidation sites excluding steroid dienone is 1. The molecule has 1 atom stereocenters. The van der Waals surface area contributed by atoms with Crippen molar-refractivity contribution in [2.75, 3.05) is 18.9 Å². The van der Waals surface area contributed by atoms with Crippen molar-refractivity contribution in [1.29, 1.82) is 0 Å². The minimum Gasteiger partial charge on any atom is -0.440 e. The number of alkyl halides is 3. The summed E-state index contributed by atoms with van der Waals surface area (Å²) in [6.45, 7) is 4.64. The molecule has 0 fully saturated rings. The lowest BCUT2D eigenvalue weighted by Crippen LogP contribution is -2.30. The van der Waals surface area contributed by atoms with Crippen LogP contribution in [0.2, 0.25) is 0 Å². The normalized spacial score (nSPS) is 16.3. The lowest BCUT2D eigenvalue weighted by molar-refractivity contribution is -0.160. The summed E-state index contributed by atoms with van der Waals surface area (Å²) < 4.78 is 41.8. The predicted molar refractivity (Wildman–Crippen MR) is 111 cm³/mol. The van der Waals surface area contributed by atoms with Crippen LogP contribution in [-0.2, 0) is 24.1 Å². The monoisotopic (exact) mass is 461 g/mol. The number of ether oxygens (including phenoxy) is 1. The maximum absolute atomic E-state index is 13.1. The fourth-order valence-corrected chi connectivity index (χ4v) is 5.59. The second-order valence-corrected chi connectivity index (χ2v) is 9.24. The number of rotatable bonds is 7. The topological polar surface area (TPSA) is 73.2 Å². The van der Waals surface area contributed by atoms with Crippen molar-refractivity contribution >= 4 is 39.4 Å². The van der Waals surface area contributed by atoms with Gasteiger partial charge in [-0.05, 0) is 30.7 Å². The highest BCUT2D eigenvalue weighted by molar-refractivity contribution is 7.99. The van der Waals surface area contributed by atoms with E-state index in [1.54, 1.807) is 22.0 Å². The van der Waals surface area contributed by atoms with Gasteiger partial charge in [-0.25, -0.2) is 9.78 Å². The van der Waals surface area contributed by atoms with Crippen molar-refractivity contribution in [3.05, 3.63) is 33.4 Å². The van der Waals surface area contributed by atoms with Crippen LogP contribution >= 0.6 is 23.1 Å². The summed E-state index contributed by atoms with van der Waals surface area (Å²) in [7, 11) is 0. The first-order valence-corrected chi connectivity index (χ1v) is 11.3. The molecular formula is C19H22F3N3O3S2. The third kappa shape index (κ3) is 5.37. The number of carbonyl (C=O) groups is 1. The van der Waals surface area contributed by atoms with Crippen LogP contribution in [0.1, 0.15) is 23.8 Å². The predicted octanol–water partition coefficient (Wildman–Crippen LogP) is 4.15. The largest absolute Gasteiger partial charge is 0.440 e. The molecule has 0 aliphatic heterocycles. The molecule has 0 aromatic carbocycles. The average molecular weight is 462 g/mol. The van der Waals surface area contributed by atoms with Crippen molar-refractivity contribution in [1.82, 2.24) is 14.9 Å². The number of hydrogen-bond donors (Lipinski definition) is 1. The van der Waals surface area contributed by atoms with Crippen LogP contribution in [0.4, 0.5) is 18.0 Å². The van der Waals surface area contributed by atoms with Gasteiger partial charge in [0.1, 0.15) is 4.83 Å². The van der Waals surface area contributed by atoms with Crippen LogP contribution in [0.25, 0.3) is 10.2 Å². The number of aryl methyl sites for hydroxylation is 1. The van der Waals surface area contributed by atoms with Gasteiger partial charge in [-0.2, -0.15) is 13.2 Å². The fraction of sp³-hybridized carbons (Fsp3) is 0.526. The second-order valence-electron chi connectivity index (χ2n) is 7.10. The van der Waals surface area contributed by atoms with Crippen LogP contribution in [0.5, 0.6) is 0 Å². The number of halogens is 3. The summed E-state index contributed by atoms with van der Waals surface area (Å²) in [6.07, 6.45) is -1.22. The summed E-state index contributed by atoms with van der Waals surface area (Å²) >= 11 is 2.80. The van der Waals surface area contributed by atoms with Gasteiger partial charge < -0.3 is 10.1 Å². The van der Waals surface area contributed by atoms with Gasteiger partial charge in [-0.15, -0.1) is 17.9 Å². The summed E-state index contributed by atoms with van der Waals surface area (Å²) in [5.41, 5.74) is 1.00. The van der Waals surface area contributed by atoms with Gasteiger partial charge in [-0.3, -0.25) is 9.36 Å². The molecule has 0 spiro atoms. The van der Waals surface area contributed by atoms with Crippen molar-refractivity contribution in [2.24, 2.45) is 5.92 Å². The lowest BCUT2D eigenvalue weighted by Gasteiger charge is -2.17. The van der Waals surface area contributed by atoms with Gasteiger partial charge in [0.2, 0.25) is 0 Å². The SMILES string of the molecule is C=CCn1c(SCCNC(=O)OCC(F)(F)F)nc2sc3c(c2c1=O)CCC(C)C3. The van der Waals surface area contributed by atoms with E-state index in [-0.39, 0.29) is 12.1 Å². The molecule has 1 amide bonds. The van der Waals surface area contributed by atoms with Gasteiger partial charge in [0.15, 0.2) is 11.8 Å². The summed E-state index contributed by atoms with van der Waals surface area (Å²) in [6, 6.07) is 0. The Morgan fingerprint density at radius 1 is 1.50 bits per heavy atom. The van der Waals surface area contributed by atoms with Crippen molar-refractivity contribution in [2.45, 2.75) is 44.1 Å². The quantitative estimate of drug-likeness (QED) is 0.290. The summed E-state index contributed by atoms with van der Waals surface area (Å²) in [5, 5.41) is 3.43. The molecule has 1 unspecified atom stereocenters. The Bertz CT molecular complexity index is 1000. The Balaban J connectivity index is 1.72. The number of nitrogens with zero attached hydrogens (tertiary/aromatic N) is 2. The number of aromatic nitrogens is 2. The molecule has 2 aromatic rings. The minimum atomic E-state index is -4.57. The van der Waals surface area contributed by atoms with Crippen LogP contribution in [-0.4, -0.2) is 40.7 Å². The molecule has 1 aliphatic rings. The van der Waals surface area contributed by atoms with Crippen LogP contribution in [0.3, 0.4) is 0 Å². The van der Waals surface area contributed by atoms with E-state index in [0.29, 0.717) is 33.6 Å². The Labute approximate surface area is 179 Å². The van der Waals surface area contributed by atoms with Gasteiger partial charge in [0.25, 0.3) is 5.56 Å². The third-order valence-electron chi connectivity index (χ3n) is 4.66. The Morgan fingerprint density at radius 2 is 2.27 bits per heavy atom. The van der Waals surface area contributed by atoms with Crippen LogP contribution in [0, 0.1) is 5.92 Å². The summed E-state index contributed by atoms with van der Waals surface area (Å²) in [5.74, 6) is 0.899. The Morgan fingerprint density at radius 3 is 2.97 bits per heavy atom. The van der Waals surface area contributed by atoms with Crippen LogP contribution in [0.15, 0.2) is 22.6 Å². The molecule has 0 bridgehead atoms. The molecular weight excluding hydrogens is 439 g/mol. The van der Waals surface area contributed by atoms with E-state index in [1.807, 2.05) is 0 Å². The fourth-order valence-electron chi connectivity index (χ4n) is 3.30. The van der Waals surface area contributed by atoms with Crippen LogP contribution < -0.4 is 10.9 Å². The first-order chi connectivity index (χ1) is 14.2. The summed E-state index contributed by atoms with van der Waals surface area (Å²) in [4.78, 5) is 31.1. The van der Waals surface area contributed by atoms with E-state index in [4.69, 9.17) is 0 Å². The van der Waals surface area contributed by atoms with E-state index in [0.717, 1.165) is 24.8 Å². The molecule has 3 rings (SSSR count). The van der Waals surface area contributed by atoms with E-state index >= 15 is 0 Å². The number of alkyl carbamates (subject to hydrolysis) is 1. The molecule has 2 heterocycles. The van der Waals surface area contributed by atoms with Crippen molar-refractivity contribution in [3.63, 3.8) is 0 Å². The standard InChI is InChI=1S/C19H22F3N3O3S2/c1-3-7-25-16(26)14-12-5-4-11(2)9-13(12)30-15(14)24-17(25)29-8-6-23-18(27)28-10-19(20,21)22/h3,11H,1,4-10H2,2H3,(H,23,27). The second kappa shape index (κ2) is 9.42. The number of hydrogen-bond acceptors (Lipinski definition) is 6. The third-order valence-corrected chi connectivity index (χ3v) is 6.79. The van der Waals surface area contributed by atoms with Crippen molar-refractivity contribution in [3.8, 4) is 0 Å². The molecule has 6 nitrogen and oxygen atoms in total. The molecule has 30 heavy (non-hydrogen) atoms. The van der Waals surface area contributed by atoms with E-state index in [1.165, 1.54) is 16.6 Å². The van der Waals surface area contributed by atoms with E-state index in [2.05, 4.69) is 28.5 Å². The molecule has 11 heteroatoms. The zero-order valence-corrected chi connectivity index (χ0v) is 18.0. The number of amides is 1. The first-order valence-electron chi connectivity index (χ1n) is 9.45. The maximum atomic E-state index is 13.1. The molecule has 0 saturated carbocycles. The van der Waals surface area contributed by atoms with E-state index < -0.39 is 18.9 Å². The Hall–Kier alpha value is -2.01. The highest BCUT2D eigenvalue weighted by Gasteiger charge is 2.29. The number of carbonyl (C=O) groups excluding carboxylic acids is 1. The zero-order valence-electron chi connectivity index (χ0n) is 16.4. The molecule has 1 aliphatic carbocycles.